The maximum atomic E-state index is 13.6. The third-order valence-electron chi connectivity index (χ3n) is 2.33. The molecule has 0 fully saturated rings. The van der Waals surface area contributed by atoms with E-state index in [1.807, 2.05) is 4.72 Å². The van der Waals surface area contributed by atoms with Crippen LogP contribution in [0.5, 0.6) is 0 Å². The van der Waals surface area contributed by atoms with Crippen LogP contribution in [0, 0.1) is 11.6 Å². The molecule has 3 N–H and O–H groups in total. The molecule has 0 aliphatic carbocycles. The van der Waals surface area contributed by atoms with Crippen molar-refractivity contribution in [2.24, 2.45) is 0 Å². The van der Waals surface area contributed by atoms with Gasteiger partial charge in [-0.1, -0.05) is 23.2 Å². The number of rotatable bonds is 3. The quantitative estimate of drug-likeness (QED) is 0.651. The predicted octanol–water partition coefficient (Wildman–Crippen LogP) is 2.44. The van der Waals surface area contributed by atoms with E-state index in [1.165, 1.54) is 0 Å². The summed E-state index contributed by atoms with van der Waals surface area (Å²) in [5, 5.41) is -0.567. The van der Waals surface area contributed by atoms with Gasteiger partial charge in [-0.25, -0.2) is 27.2 Å². The van der Waals surface area contributed by atoms with E-state index in [4.69, 9.17) is 28.9 Å². The van der Waals surface area contributed by atoms with Crippen molar-refractivity contribution >= 4 is 44.6 Å². The summed E-state index contributed by atoms with van der Waals surface area (Å²) < 4.78 is 52.8. The molecule has 1 aromatic heterocycles. The van der Waals surface area contributed by atoms with Gasteiger partial charge in [0.05, 0.1) is 5.69 Å². The van der Waals surface area contributed by atoms with Crippen molar-refractivity contribution in [3.63, 3.8) is 0 Å². The lowest BCUT2D eigenvalue weighted by Gasteiger charge is -2.11. The zero-order chi connectivity index (χ0) is 15.8. The normalized spacial score (nSPS) is 11.4. The monoisotopic (exact) mass is 354 g/mol. The third-order valence-corrected chi connectivity index (χ3v) is 4.27. The van der Waals surface area contributed by atoms with E-state index in [1.54, 1.807) is 0 Å². The maximum absolute atomic E-state index is 13.6. The van der Waals surface area contributed by atoms with Crippen molar-refractivity contribution in [1.29, 1.82) is 0 Å². The van der Waals surface area contributed by atoms with Gasteiger partial charge in [-0.05, 0) is 6.07 Å². The molecule has 2 aromatic rings. The fourth-order valence-corrected chi connectivity index (χ4v) is 3.06. The number of nitrogens with two attached hydrogens (primary N) is 1. The summed E-state index contributed by atoms with van der Waals surface area (Å²) in [4.78, 5) is 6.21. The number of hydrogen-bond donors (Lipinski definition) is 2. The van der Waals surface area contributed by atoms with Crippen molar-refractivity contribution < 1.29 is 17.2 Å². The maximum Gasteiger partial charge on any atom is 0.265 e. The molecule has 0 aliphatic rings. The second-order valence-corrected chi connectivity index (χ2v) is 6.11. The molecule has 0 spiro atoms. The molecule has 112 valence electrons. The summed E-state index contributed by atoms with van der Waals surface area (Å²) >= 11 is 11.4. The first-order valence-corrected chi connectivity index (χ1v) is 7.39. The third kappa shape index (κ3) is 3.14. The van der Waals surface area contributed by atoms with Gasteiger partial charge in [0.15, 0.2) is 10.3 Å². The van der Waals surface area contributed by atoms with E-state index < -0.39 is 32.2 Å². The van der Waals surface area contributed by atoms with E-state index >= 15 is 0 Å². The van der Waals surface area contributed by atoms with Crippen LogP contribution >= 0.6 is 23.2 Å². The molecular formula is C10H6Cl2F2N4O2S. The van der Waals surface area contributed by atoms with E-state index in [-0.39, 0.29) is 16.0 Å². The van der Waals surface area contributed by atoms with Gasteiger partial charge in [0, 0.05) is 6.07 Å². The first-order chi connectivity index (χ1) is 9.72. The summed E-state index contributed by atoms with van der Waals surface area (Å²) in [6.45, 7) is 0. The smallest absolute Gasteiger partial charge is 0.265 e. The summed E-state index contributed by atoms with van der Waals surface area (Å²) in [6.07, 6.45) is 1.01. The fraction of sp³-hybridized carbons (Fsp3) is 0. The number of anilines is 2. The zero-order valence-electron chi connectivity index (χ0n) is 9.94. The van der Waals surface area contributed by atoms with E-state index in [0.717, 1.165) is 6.33 Å². The van der Waals surface area contributed by atoms with Crippen molar-refractivity contribution in [2.45, 2.75) is 4.90 Å². The minimum Gasteiger partial charge on any atom is -0.396 e. The van der Waals surface area contributed by atoms with Gasteiger partial charge in [-0.3, -0.25) is 4.72 Å². The highest BCUT2D eigenvalue weighted by atomic mass is 35.5. The van der Waals surface area contributed by atoms with Crippen LogP contribution in [0.15, 0.2) is 23.4 Å². The number of sulfonamides is 1. The van der Waals surface area contributed by atoms with Crippen molar-refractivity contribution in [3.05, 3.63) is 40.4 Å². The van der Waals surface area contributed by atoms with Crippen LogP contribution in [0.3, 0.4) is 0 Å². The summed E-state index contributed by atoms with van der Waals surface area (Å²) in [5.41, 5.74) is 4.37. The molecule has 6 nitrogen and oxygen atoms in total. The van der Waals surface area contributed by atoms with Crippen molar-refractivity contribution in [2.75, 3.05) is 10.5 Å². The Hall–Kier alpha value is -1.71. The minimum absolute atomic E-state index is 0.283. The standard InChI is InChI=1S/C10H6Cl2F2N4O2S/c11-9-8(10(12)17-3-16-9)18-21(19,20)7-2-6(15)4(13)1-5(7)14/h1-3,18H,15H2. The van der Waals surface area contributed by atoms with Crippen LogP contribution in [0.1, 0.15) is 0 Å². The first-order valence-electron chi connectivity index (χ1n) is 5.15. The lowest BCUT2D eigenvalue weighted by molar-refractivity contribution is 0.553. The number of benzene rings is 1. The Morgan fingerprint density at radius 1 is 1.10 bits per heavy atom. The Labute approximate surface area is 128 Å². The second-order valence-electron chi connectivity index (χ2n) is 3.74. The highest BCUT2D eigenvalue weighted by molar-refractivity contribution is 7.92. The highest BCUT2D eigenvalue weighted by Crippen LogP contribution is 2.29. The Kier molecular flexibility index (Phi) is 4.17. The molecule has 21 heavy (non-hydrogen) atoms. The van der Waals surface area contributed by atoms with Crippen LogP contribution < -0.4 is 10.5 Å². The molecule has 0 atom stereocenters. The van der Waals surface area contributed by atoms with Crippen LogP contribution in [0.25, 0.3) is 0 Å². The first kappa shape index (κ1) is 15.7. The lowest BCUT2D eigenvalue weighted by Crippen LogP contribution is -2.16. The van der Waals surface area contributed by atoms with Crippen LogP contribution in [0.2, 0.25) is 10.3 Å². The van der Waals surface area contributed by atoms with Gasteiger partial charge >= 0.3 is 0 Å². The Morgan fingerprint density at radius 3 is 2.24 bits per heavy atom. The Bertz CT molecular complexity index is 797. The summed E-state index contributed by atoms with van der Waals surface area (Å²) in [5.74, 6) is -2.40. The number of nitrogens with zero attached hydrogens (tertiary/aromatic N) is 2. The SMILES string of the molecule is Nc1cc(S(=O)(=O)Nc2c(Cl)ncnc2Cl)c(F)cc1F. The van der Waals surface area contributed by atoms with E-state index in [0.29, 0.717) is 12.1 Å². The number of nitrogen functional groups attached to an aromatic ring is 1. The predicted molar refractivity (Wildman–Crippen MR) is 73.6 cm³/mol. The van der Waals surface area contributed by atoms with Gasteiger partial charge in [0.1, 0.15) is 28.5 Å². The Morgan fingerprint density at radius 2 is 1.67 bits per heavy atom. The van der Waals surface area contributed by atoms with E-state index in [9.17, 15) is 17.2 Å². The molecule has 0 unspecified atom stereocenters. The average Bonchev–Trinajstić information content (AvgIpc) is 2.38. The molecule has 1 heterocycles. The fourth-order valence-electron chi connectivity index (χ4n) is 1.37. The Balaban J connectivity index is 2.51. The van der Waals surface area contributed by atoms with Gasteiger partial charge in [-0.15, -0.1) is 0 Å². The molecule has 2 rings (SSSR count). The van der Waals surface area contributed by atoms with Gasteiger partial charge in [0.2, 0.25) is 0 Å². The van der Waals surface area contributed by atoms with Crippen LogP contribution in [-0.2, 0) is 10.0 Å². The molecule has 0 amide bonds. The molecule has 1 aromatic carbocycles. The lowest BCUT2D eigenvalue weighted by atomic mass is 10.3. The van der Waals surface area contributed by atoms with Crippen LogP contribution in [0.4, 0.5) is 20.2 Å². The van der Waals surface area contributed by atoms with Crippen molar-refractivity contribution in [3.8, 4) is 0 Å². The molecule has 11 heteroatoms. The number of hydrogen-bond acceptors (Lipinski definition) is 5. The van der Waals surface area contributed by atoms with Crippen molar-refractivity contribution in [1.82, 2.24) is 9.97 Å². The largest absolute Gasteiger partial charge is 0.396 e. The second kappa shape index (κ2) is 5.58. The number of halogens is 4. The number of nitrogens with one attached hydrogen (secondary N) is 1. The van der Waals surface area contributed by atoms with E-state index in [2.05, 4.69) is 9.97 Å². The van der Waals surface area contributed by atoms with Gasteiger partial charge in [-0.2, -0.15) is 0 Å². The van der Waals surface area contributed by atoms with Crippen LogP contribution in [-0.4, -0.2) is 18.4 Å². The highest BCUT2D eigenvalue weighted by Gasteiger charge is 2.24. The zero-order valence-corrected chi connectivity index (χ0v) is 12.3. The molecule has 0 bridgehead atoms. The van der Waals surface area contributed by atoms with Gasteiger partial charge in [0.25, 0.3) is 10.0 Å². The average molecular weight is 355 g/mol. The van der Waals surface area contributed by atoms with Gasteiger partial charge < -0.3 is 5.73 Å². The molecule has 0 saturated carbocycles. The molecule has 0 radical (unpaired) electrons. The summed E-state index contributed by atoms with van der Waals surface area (Å²) in [6, 6.07) is 0.993. The topological polar surface area (TPSA) is 98.0 Å². The molecular weight excluding hydrogens is 349 g/mol. The molecule has 0 saturated heterocycles. The minimum atomic E-state index is -4.45. The summed E-state index contributed by atoms with van der Waals surface area (Å²) in [7, 11) is -4.45. The number of aromatic nitrogens is 2. The molecule has 0 aliphatic heterocycles.